The fourth-order valence-corrected chi connectivity index (χ4v) is 5.13. The molecule has 1 fully saturated rings. The van der Waals surface area contributed by atoms with Crippen molar-refractivity contribution < 1.29 is 18.3 Å². The lowest BCUT2D eigenvalue weighted by molar-refractivity contribution is 0.0702. The van der Waals surface area contributed by atoms with Gasteiger partial charge in [-0.15, -0.1) is 0 Å². The number of aromatic carboxylic acids is 1. The highest BCUT2D eigenvalue weighted by molar-refractivity contribution is 7.89. The van der Waals surface area contributed by atoms with E-state index in [1.165, 1.54) is 10.5 Å². The zero-order valence-corrected chi connectivity index (χ0v) is 17.2. The minimum absolute atomic E-state index is 0.0313. The van der Waals surface area contributed by atoms with Gasteiger partial charge in [-0.05, 0) is 23.1 Å². The molecule has 0 radical (unpaired) electrons. The van der Waals surface area contributed by atoms with Gasteiger partial charge in [-0.2, -0.15) is 4.31 Å². The molecule has 7 nitrogen and oxygen atoms in total. The van der Waals surface area contributed by atoms with Crippen LogP contribution in [0, 0.1) is 0 Å². The van der Waals surface area contributed by atoms with E-state index in [-0.39, 0.29) is 10.3 Å². The molecule has 1 N–H and O–H groups in total. The predicted molar refractivity (Wildman–Crippen MR) is 105 cm³/mol. The van der Waals surface area contributed by atoms with Gasteiger partial charge in [0.25, 0.3) is 0 Å². The van der Waals surface area contributed by atoms with Crippen LogP contribution in [0.4, 0.5) is 5.13 Å². The summed E-state index contributed by atoms with van der Waals surface area (Å²) in [6.45, 7) is 7.90. The molecule has 1 aromatic heterocycles. The molecule has 0 spiro atoms. The Hall–Kier alpha value is -1.97. The quantitative estimate of drug-likeness (QED) is 0.835. The normalized spacial score (nSPS) is 16.5. The number of carboxylic acids is 1. The summed E-state index contributed by atoms with van der Waals surface area (Å²) in [6, 6.07) is 7.07. The minimum atomic E-state index is -3.54. The van der Waals surface area contributed by atoms with Crippen LogP contribution in [0.1, 0.15) is 36.0 Å². The minimum Gasteiger partial charge on any atom is -0.477 e. The highest BCUT2D eigenvalue weighted by Crippen LogP contribution is 2.27. The Balaban J connectivity index is 1.70. The average molecular weight is 410 g/mol. The molecule has 9 heteroatoms. The van der Waals surface area contributed by atoms with Crippen LogP contribution in [0.15, 0.2) is 35.4 Å². The van der Waals surface area contributed by atoms with Gasteiger partial charge in [-0.1, -0.05) is 44.2 Å². The van der Waals surface area contributed by atoms with Crippen molar-refractivity contribution in [2.75, 3.05) is 31.1 Å². The highest BCUT2D eigenvalue weighted by Gasteiger charge is 2.30. The maximum Gasteiger partial charge on any atom is 0.347 e. The Labute approximate surface area is 163 Å². The molecule has 27 heavy (non-hydrogen) atoms. The number of carbonyl (C=O) groups is 1. The molecule has 3 rings (SSSR count). The highest BCUT2D eigenvalue weighted by atomic mass is 32.2. The third-order valence-corrected chi connectivity index (χ3v) is 7.53. The third-order valence-electron chi connectivity index (χ3n) is 4.57. The van der Waals surface area contributed by atoms with Crippen LogP contribution in [0.5, 0.6) is 0 Å². The lowest BCUT2D eigenvalue weighted by Crippen LogP contribution is -2.48. The van der Waals surface area contributed by atoms with Crippen molar-refractivity contribution in [3.63, 3.8) is 0 Å². The van der Waals surface area contributed by atoms with Gasteiger partial charge in [-0.25, -0.2) is 18.2 Å². The first kappa shape index (κ1) is 19.8. The summed E-state index contributed by atoms with van der Waals surface area (Å²) >= 11 is 1.10. The van der Waals surface area contributed by atoms with Crippen LogP contribution in [0.3, 0.4) is 0 Å². The Morgan fingerprint density at radius 1 is 1.11 bits per heavy atom. The van der Waals surface area contributed by atoms with E-state index in [2.05, 4.69) is 25.8 Å². The van der Waals surface area contributed by atoms with Crippen molar-refractivity contribution in [2.24, 2.45) is 0 Å². The van der Waals surface area contributed by atoms with E-state index in [0.29, 0.717) is 36.2 Å². The second kappa shape index (κ2) is 7.21. The largest absolute Gasteiger partial charge is 0.477 e. The molecule has 1 aromatic carbocycles. The summed E-state index contributed by atoms with van der Waals surface area (Å²) < 4.78 is 27.3. The number of sulfonamides is 1. The molecule has 0 aliphatic carbocycles. The number of piperazine rings is 1. The molecule has 0 atom stereocenters. The zero-order chi connectivity index (χ0) is 19.8. The van der Waals surface area contributed by atoms with E-state index in [9.17, 15) is 13.2 Å². The molecule has 0 unspecified atom stereocenters. The van der Waals surface area contributed by atoms with Crippen molar-refractivity contribution >= 4 is 32.5 Å². The number of anilines is 1. The first-order chi connectivity index (χ1) is 12.6. The Morgan fingerprint density at radius 3 is 2.19 bits per heavy atom. The van der Waals surface area contributed by atoms with Crippen LogP contribution < -0.4 is 4.90 Å². The molecular weight excluding hydrogens is 386 g/mol. The monoisotopic (exact) mass is 409 g/mol. The van der Waals surface area contributed by atoms with Crippen molar-refractivity contribution in [3.8, 4) is 0 Å². The van der Waals surface area contributed by atoms with Gasteiger partial charge >= 0.3 is 5.97 Å². The van der Waals surface area contributed by atoms with Crippen molar-refractivity contribution in [1.29, 1.82) is 0 Å². The third kappa shape index (κ3) is 4.15. The van der Waals surface area contributed by atoms with Gasteiger partial charge in [0.05, 0.1) is 11.1 Å². The van der Waals surface area contributed by atoms with Crippen LogP contribution in [-0.4, -0.2) is 55.0 Å². The summed E-state index contributed by atoms with van der Waals surface area (Å²) in [5.74, 6) is -1.00. The number of nitrogens with zero attached hydrogens (tertiary/aromatic N) is 3. The number of rotatable bonds is 4. The number of aromatic nitrogens is 1. The molecule has 0 saturated carbocycles. The van der Waals surface area contributed by atoms with Gasteiger partial charge in [0.1, 0.15) is 4.88 Å². The fraction of sp³-hybridized carbons (Fsp3) is 0.444. The van der Waals surface area contributed by atoms with Crippen molar-refractivity contribution in [1.82, 2.24) is 9.29 Å². The number of benzene rings is 1. The molecule has 0 amide bonds. The van der Waals surface area contributed by atoms with Gasteiger partial charge < -0.3 is 10.0 Å². The van der Waals surface area contributed by atoms with Gasteiger partial charge in [-0.3, -0.25) is 0 Å². The van der Waals surface area contributed by atoms with E-state index >= 15 is 0 Å². The summed E-state index contributed by atoms with van der Waals surface area (Å²) in [5, 5.41) is 9.62. The lowest BCUT2D eigenvalue weighted by atomic mass is 9.87. The fourth-order valence-electron chi connectivity index (χ4n) is 2.91. The van der Waals surface area contributed by atoms with Gasteiger partial charge in [0.2, 0.25) is 10.0 Å². The van der Waals surface area contributed by atoms with Crippen LogP contribution in [0.2, 0.25) is 0 Å². The van der Waals surface area contributed by atoms with Crippen LogP contribution >= 0.6 is 11.3 Å². The van der Waals surface area contributed by atoms with Crippen molar-refractivity contribution in [2.45, 2.75) is 31.1 Å². The lowest BCUT2D eigenvalue weighted by Gasteiger charge is -2.33. The average Bonchev–Trinajstić information content (AvgIpc) is 3.12. The van der Waals surface area contributed by atoms with Gasteiger partial charge in [0, 0.05) is 26.2 Å². The van der Waals surface area contributed by atoms with E-state index in [1.54, 1.807) is 12.1 Å². The van der Waals surface area contributed by atoms with Crippen molar-refractivity contribution in [3.05, 3.63) is 40.9 Å². The zero-order valence-electron chi connectivity index (χ0n) is 15.5. The molecule has 1 aliphatic heterocycles. The molecule has 146 valence electrons. The Morgan fingerprint density at radius 2 is 1.70 bits per heavy atom. The number of hydrogen-bond acceptors (Lipinski definition) is 6. The molecule has 1 saturated heterocycles. The molecule has 2 heterocycles. The van der Waals surface area contributed by atoms with Crippen LogP contribution in [-0.2, 0) is 15.4 Å². The summed E-state index contributed by atoms with van der Waals surface area (Å²) in [5.41, 5.74) is 1.06. The van der Waals surface area contributed by atoms with E-state index in [4.69, 9.17) is 5.11 Å². The van der Waals surface area contributed by atoms with Gasteiger partial charge in [0.15, 0.2) is 5.13 Å². The van der Waals surface area contributed by atoms with E-state index in [0.717, 1.165) is 16.9 Å². The topological polar surface area (TPSA) is 90.8 Å². The first-order valence-electron chi connectivity index (χ1n) is 8.64. The number of hydrogen-bond donors (Lipinski definition) is 1. The first-order valence-corrected chi connectivity index (χ1v) is 10.9. The Kier molecular flexibility index (Phi) is 5.29. The standard InChI is InChI=1S/C18H23N3O4S2/c1-18(2,3)13-4-6-14(7-5-13)27(24,25)21-10-8-20(9-11-21)17-19-12-15(26-17)16(22)23/h4-7,12H,8-11H2,1-3H3,(H,22,23). The number of carboxylic acid groups (broad SMARTS) is 1. The SMILES string of the molecule is CC(C)(C)c1ccc(S(=O)(=O)N2CCN(c3ncc(C(=O)O)s3)CC2)cc1. The van der Waals surface area contributed by atoms with E-state index in [1.807, 2.05) is 17.0 Å². The predicted octanol–water partition coefficient (Wildman–Crippen LogP) is 2.65. The second-order valence-electron chi connectivity index (χ2n) is 7.48. The maximum absolute atomic E-state index is 12.9. The summed E-state index contributed by atoms with van der Waals surface area (Å²) in [7, 11) is -3.54. The number of thiazole rings is 1. The van der Waals surface area contributed by atoms with E-state index < -0.39 is 16.0 Å². The molecule has 0 bridgehead atoms. The summed E-state index contributed by atoms with van der Waals surface area (Å²) in [6.07, 6.45) is 1.34. The molecule has 1 aliphatic rings. The second-order valence-corrected chi connectivity index (χ2v) is 10.4. The molecular formula is C18H23N3O4S2. The molecule has 2 aromatic rings. The Bertz CT molecular complexity index is 922. The maximum atomic E-state index is 12.9. The smallest absolute Gasteiger partial charge is 0.347 e. The summed E-state index contributed by atoms with van der Waals surface area (Å²) in [4.78, 5) is 17.5. The van der Waals surface area contributed by atoms with Crippen LogP contribution in [0.25, 0.3) is 0 Å².